The second-order valence-corrected chi connectivity index (χ2v) is 7.91. The van der Waals surface area contributed by atoms with Gasteiger partial charge in [-0.3, -0.25) is 9.59 Å². The molecular formula is C24H29NO7. The zero-order valence-electron chi connectivity index (χ0n) is 19.2. The van der Waals surface area contributed by atoms with Gasteiger partial charge in [-0.2, -0.15) is 0 Å². The molecule has 0 spiro atoms. The van der Waals surface area contributed by atoms with E-state index in [1.807, 2.05) is 12.1 Å². The molecule has 0 unspecified atom stereocenters. The standard InChI is InChI=1S/C24H29NO7/c1-25(2)23(26)22-16(24(27)28)9-14-11-19(31-5)20(32-6)12-15(14)21(22)13-7-8-17(29-3)18(10-13)30-4/h7-8,10-12,16,21-22H,9H2,1-6H3,(H,27,28)/t16-,21+,22+/m1/s1. The van der Waals surface area contributed by atoms with E-state index in [1.54, 1.807) is 46.5 Å². The number of fused-ring (bicyclic) bond motifs is 1. The number of aliphatic carboxylic acids is 1. The van der Waals surface area contributed by atoms with Gasteiger partial charge in [-0.1, -0.05) is 6.07 Å². The Morgan fingerprint density at radius 2 is 1.44 bits per heavy atom. The summed E-state index contributed by atoms with van der Waals surface area (Å²) in [7, 11) is 9.43. The maximum absolute atomic E-state index is 13.3. The Bertz CT molecular complexity index is 1020. The van der Waals surface area contributed by atoms with E-state index >= 15 is 0 Å². The van der Waals surface area contributed by atoms with Gasteiger partial charge in [0.05, 0.1) is 40.3 Å². The van der Waals surface area contributed by atoms with E-state index in [9.17, 15) is 14.7 Å². The Balaban J connectivity index is 2.32. The first kappa shape index (κ1) is 23.2. The molecule has 3 rings (SSSR count). The molecule has 1 N–H and O–H groups in total. The van der Waals surface area contributed by atoms with Gasteiger partial charge in [0.1, 0.15) is 0 Å². The summed E-state index contributed by atoms with van der Waals surface area (Å²) in [6.07, 6.45) is 0.207. The molecule has 2 aromatic rings. The van der Waals surface area contributed by atoms with Gasteiger partial charge in [-0.05, 0) is 47.4 Å². The molecular weight excluding hydrogens is 414 g/mol. The molecule has 0 radical (unpaired) electrons. The molecule has 2 aromatic carbocycles. The molecule has 0 bridgehead atoms. The molecule has 0 heterocycles. The van der Waals surface area contributed by atoms with Gasteiger partial charge in [-0.15, -0.1) is 0 Å². The fourth-order valence-electron chi connectivity index (χ4n) is 4.48. The minimum atomic E-state index is -1.02. The number of carboxylic acid groups (broad SMARTS) is 1. The number of carbonyl (C=O) groups excluding carboxylic acids is 1. The van der Waals surface area contributed by atoms with Gasteiger partial charge >= 0.3 is 5.97 Å². The molecule has 0 fully saturated rings. The van der Waals surface area contributed by atoms with Crippen LogP contribution >= 0.6 is 0 Å². The molecule has 172 valence electrons. The minimum absolute atomic E-state index is 0.207. The van der Waals surface area contributed by atoms with Crippen molar-refractivity contribution in [3.8, 4) is 23.0 Å². The Morgan fingerprint density at radius 3 is 1.97 bits per heavy atom. The van der Waals surface area contributed by atoms with Crippen molar-refractivity contribution in [2.24, 2.45) is 11.8 Å². The van der Waals surface area contributed by atoms with Crippen molar-refractivity contribution in [2.45, 2.75) is 12.3 Å². The summed E-state index contributed by atoms with van der Waals surface area (Å²) in [5.41, 5.74) is 2.38. The van der Waals surface area contributed by atoms with Gasteiger partial charge in [-0.25, -0.2) is 0 Å². The normalized spacial score (nSPS) is 19.5. The first-order valence-electron chi connectivity index (χ1n) is 10.2. The zero-order valence-corrected chi connectivity index (χ0v) is 19.2. The summed E-state index contributed by atoms with van der Waals surface area (Å²) in [5, 5.41) is 10.1. The second kappa shape index (κ2) is 9.38. The third kappa shape index (κ3) is 4.04. The number of hydrogen-bond acceptors (Lipinski definition) is 6. The number of amides is 1. The summed E-state index contributed by atoms with van der Waals surface area (Å²) >= 11 is 0. The van der Waals surface area contributed by atoms with Crippen LogP contribution in [-0.4, -0.2) is 64.4 Å². The smallest absolute Gasteiger partial charge is 0.307 e. The number of rotatable bonds is 7. The Hall–Kier alpha value is -3.42. The summed E-state index contributed by atoms with van der Waals surface area (Å²) in [5.74, 6) is -1.45. The fraction of sp³-hybridized carbons (Fsp3) is 0.417. The van der Waals surface area contributed by atoms with Crippen molar-refractivity contribution >= 4 is 11.9 Å². The molecule has 1 aliphatic rings. The molecule has 0 aromatic heterocycles. The van der Waals surface area contributed by atoms with Crippen LogP contribution in [0.5, 0.6) is 23.0 Å². The predicted octanol–water partition coefficient (Wildman–Crippen LogP) is 2.81. The van der Waals surface area contributed by atoms with Crippen molar-refractivity contribution in [3.05, 3.63) is 47.0 Å². The van der Waals surface area contributed by atoms with Crippen LogP contribution in [0.4, 0.5) is 0 Å². The fourth-order valence-corrected chi connectivity index (χ4v) is 4.48. The topological polar surface area (TPSA) is 94.5 Å². The Morgan fingerprint density at radius 1 is 0.875 bits per heavy atom. The zero-order chi connectivity index (χ0) is 23.6. The summed E-state index contributed by atoms with van der Waals surface area (Å²) in [6.45, 7) is 0. The lowest BCUT2D eigenvalue weighted by molar-refractivity contribution is -0.150. The SMILES string of the molecule is COc1ccc([C@H]2c3cc(OC)c(OC)cc3C[C@@H](C(=O)O)[C@@H]2C(=O)N(C)C)cc1OC. The van der Waals surface area contributed by atoms with Crippen LogP contribution in [-0.2, 0) is 16.0 Å². The average Bonchev–Trinajstić information content (AvgIpc) is 2.80. The summed E-state index contributed by atoms with van der Waals surface area (Å²) in [4.78, 5) is 27.1. The number of carboxylic acids is 1. The third-order valence-corrected chi connectivity index (χ3v) is 6.02. The highest BCUT2D eigenvalue weighted by Gasteiger charge is 2.46. The molecule has 0 aliphatic heterocycles. The van der Waals surface area contributed by atoms with Crippen LogP contribution in [0.25, 0.3) is 0 Å². The van der Waals surface area contributed by atoms with Gasteiger partial charge in [0.15, 0.2) is 23.0 Å². The summed E-state index contributed by atoms with van der Waals surface area (Å²) < 4.78 is 21.8. The van der Waals surface area contributed by atoms with Crippen LogP contribution in [0.15, 0.2) is 30.3 Å². The molecule has 1 amide bonds. The lowest BCUT2D eigenvalue weighted by Crippen LogP contribution is -2.44. The van der Waals surface area contributed by atoms with E-state index in [0.29, 0.717) is 23.0 Å². The van der Waals surface area contributed by atoms with Crippen LogP contribution in [0.3, 0.4) is 0 Å². The van der Waals surface area contributed by atoms with E-state index in [-0.39, 0.29) is 12.3 Å². The van der Waals surface area contributed by atoms with E-state index in [0.717, 1.165) is 16.7 Å². The second-order valence-electron chi connectivity index (χ2n) is 7.91. The lowest BCUT2D eigenvalue weighted by atomic mass is 9.65. The van der Waals surface area contributed by atoms with Crippen LogP contribution in [0.2, 0.25) is 0 Å². The molecule has 1 aliphatic carbocycles. The van der Waals surface area contributed by atoms with Crippen molar-refractivity contribution in [3.63, 3.8) is 0 Å². The van der Waals surface area contributed by atoms with Crippen LogP contribution in [0.1, 0.15) is 22.6 Å². The number of methoxy groups -OCH3 is 4. The Kier molecular flexibility index (Phi) is 6.81. The average molecular weight is 443 g/mol. The Labute approximate surface area is 187 Å². The third-order valence-electron chi connectivity index (χ3n) is 6.02. The van der Waals surface area contributed by atoms with Crippen LogP contribution < -0.4 is 18.9 Å². The highest BCUT2D eigenvalue weighted by Crippen LogP contribution is 2.48. The van der Waals surface area contributed by atoms with Crippen molar-refractivity contribution in [1.29, 1.82) is 0 Å². The molecule has 32 heavy (non-hydrogen) atoms. The number of ether oxygens (including phenoxy) is 4. The summed E-state index contributed by atoms with van der Waals surface area (Å²) in [6, 6.07) is 9.03. The first-order valence-corrected chi connectivity index (χ1v) is 10.2. The monoisotopic (exact) mass is 443 g/mol. The van der Waals surface area contributed by atoms with Gasteiger partial charge in [0, 0.05) is 20.0 Å². The highest BCUT2D eigenvalue weighted by molar-refractivity contribution is 5.87. The molecule has 8 nitrogen and oxygen atoms in total. The highest BCUT2D eigenvalue weighted by atomic mass is 16.5. The number of carbonyl (C=O) groups is 2. The first-order chi connectivity index (χ1) is 15.3. The largest absolute Gasteiger partial charge is 0.493 e. The minimum Gasteiger partial charge on any atom is -0.493 e. The molecule has 8 heteroatoms. The van der Waals surface area contributed by atoms with Crippen LogP contribution in [0, 0.1) is 11.8 Å². The maximum atomic E-state index is 13.3. The van der Waals surface area contributed by atoms with Gasteiger partial charge < -0.3 is 29.0 Å². The predicted molar refractivity (Wildman–Crippen MR) is 118 cm³/mol. The van der Waals surface area contributed by atoms with E-state index in [1.165, 1.54) is 19.1 Å². The van der Waals surface area contributed by atoms with E-state index in [2.05, 4.69) is 0 Å². The molecule has 0 saturated heterocycles. The maximum Gasteiger partial charge on any atom is 0.307 e. The number of hydrogen-bond donors (Lipinski definition) is 1. The quantitative estimate of drug-likeness (QED) is 0.703. The lowest BCUT2D eigenvalue weighted by Gasteiger charge is -2.39. The van der Waals surface area contributed by atoms with Gasteiger partial charge in [0.25, 0.3) is 0 Å². The van der Waals surface area contributed by atoms with Crippen molar-refractivity contribution in [2.75, 3.05) is 42.5 Å². The van der Waals surface area contributed by atoms with E-state index in [4.69, 9.17) is 18.9 Å². The van der Waals surface area contributed by atoms with Gasteiger partial charge in [0.2, 0.25) is 5.91 Å². The molecule has 3 atom stereocenters. The van der Waals surface area contributed by atoms with Crippen molar-refractivity contribution in [1.82, 2.24) is 4.90 Å². The van der Waals surface area contributed by atoms with E-state index < -0.39 is 23.7 Å². The number of nitrogens with zero attached hydrogens (tertiary/aromatic N) is 1. The number of benzene rings is 2. The van der Waals surface area contributed by atoms with Crippen molar-refractivity contribution < 1.29 is 33.6 Å². The molecule has 0 saturated carbocycles.